The van der Waals surface area contributed by atoms with Crippen molar-refractivity contribution in [3.05, 3.63) is 17.5 Å². The third-order valence-electron chi connectivity index (χ3n) is 4.63. The number of carbonyl (C=O) groups is 2. The van der Waals surface area contributed by atoms with Gasteiger partial charge in [-0.3, -0.25) is 9.59 Å². The molecule has 1 heterocycles. The van der Waals surface area contributed by atoms with E-state index >= 15 is 0 Å². The van der Waals surface area contributed by atoms with Crippen molar-refractivity contribution < 1.29 is 24.3 Å². The van der Waals surface area contributed by atoms with Gasteiger partial charge < -0.3 is 14.7 Å². The molecule has 2 rings (SSSR count). The molecule has 1 aromatic rings. The van der Waals surface area contributed by atoms with Crippen LogP contribution in [0, 0.1) is 11.3 Å². The van der Waals surface area contributed by atoms with Crippen LogP contribution in [-0.2, 0) is 9.59 Å². The Bertz CT molecular complexity index is 580. The van der Waals surface area contributed by atoms with Crippen molar-refractivity contribution in [1.29, 1.82) is 0 Å². The van der Waals surface area contributed by atoms with E-state index in [9.17, 15) is 9.59 Å². The Labute approximate surface area is 142 Å². The quantitative estimate of drug-likeness (QED) is 0.743. The second-order valence-corrected chi connectivity index (χ2v) is 8.18. The van der Waals surface area contributed by atoms with Crippen LogP contribution in [0.4, 0.5) is 0 Å². The minimum absolute atomic E-state index is 0.0783. The maximum absolute atomic E-state index is 11.0. The second-order valence-electron chi connectivity index (χ2n) is 8.18. The molecule has 134 valence electrons. The Hall–Kier alpha value is -1.85. The molecule has 6 nitrogen and oxygen atoms in total. The highest BCUT2D eigenvalue weighted by Gasteiger charge is 2.35. The third kappa shape index (κ3) is 5.35. The standard InChI is InChI=1S/C18H27NO5/c1-18(2,3)10-11-6-13(7-11)14-9-15(24-19-14)12(8-17(22)23)4-5-16(20)21/h9,11-13H,4-8,10H2,1-3H3,(H,20,21)(H,22,23)/t11?,12-,13?/m0/s1. The number of carboxylic acid groups (broad SMARTS) is 2. The number of hydrogen-bond acceptors (Lipinski definition) is 4. The Morgan fingerprint density at radius 1 is 1.29 bits per heavy atom. The summed E-state index contributed by atoms with van der Waals surface area (Å²) in [7, 11) is 0. The fourth-order valence-electron chi connectivity index (χ4n) is 3.55. The van der Waals surface area contributed by atoms with E-state index in [1.807, 2.05) is 6.07 Å². The van der Waals surface area contributed by atoms with Crippen LogP contribution in [0.3, 0.4) is 0 Å². The van der Waals surface area contributed by atoms with Crippen LogP contribution in [0.15, 0.2) is 10.6 Å². The van der Waals surface area contributed by atoms with Crippen LogP contribution in [0.5, 0.6) is 0 Å². The molecular formula is C18H27NO5. The van der Waals surface area contributed by atoms with Crippen molar-refractivity contribution in [3.8, 4) is 0 Å². The summed E-state index contributed by atoms with van der Waals surface area (Å²) in [5, 5.41) is 21.9. The van der Waals surface area contributed by atoms with E-state index in [-0.39, 0.29) is 19.3 Å². The summed E-state index contributed by atoms with van der Waals surface area (Å²) in [6.45, 7) is 6.73. The van der Waals surface area contributed by atoms with E-state index in [1.54, 1.807) is 0 Å². The summed E-state index contributed by atoms with van der Waals surface area (Å²) in [6.07, 6.45) is 3.39. The van der Waals surface area contributed by atoms with Crippen molar-refractivity contribution in [2.75, 3.05) is 0 Å². The molecule has 0 amide bonds. The van der Waals surface area contributed by atoms with Gasteiger partial charge in [0.05, 0.1) is 12.1 Å². The number of aliphatic carboxylic acids is 2. The zero-order valence-corrected chi connectivity index (χ0v) is 14.6. The van der Waals surface area contributed by atoms with E-state index in [1.165, 1.54) is 6.42 Å². The van der Waals surface area contributed by atoms with E-state index in [2.05, 4.69) is 25.9 Å². The van der Waals surface area contributed by atoms with Crippen molar-refractivity contribution in [2.45, 2.75) is 71.1 Å². The van der Waals surface area contributed by atoms with Crippen molar-refractivity contribution >= 4 is 11.9 Å². The first kappa shape index (κ1) is 18.5. The topological polar surface area (TPSA) is 101 Å². The van der Waals surface area contributed by atoms with Gasteiger partial charge in [0.1, 0.15) is 5.76 Å². The van der Waals surface area contributed by atoms with Crippen molar-refractivity contribution in [2.24, 2.45) is 11.3 Å². The zero-order chi connectivity index (χ0) is 17.9. The molecule has 0 aromatic carbocycles. The number of carboxylic acids is 2. The lowest BCUT2D eigenvalue weighted by atomic mass is 9.67. The molecule has 1 aliphatic carbocycles. The van der Waals surface area contributed by atoms with Gasteiger partial charge in [-0.05, 0) is 37.0 Å². The van der Waals surface area contributed by atoms with Crippen LogP contribution in [-0.4, -0.2) is 27.3 Å². The minimum Gasteiger partial charge on any atom is -0.481 e. The van der Waals surface area contributed by atoms with E-state index in [4.69, 9.17) is 14.7 Å². The van der Waals surface area contributed by atoms with Gasteiger partial charge in [-0.25, -0.2) is 0 Å². The monoisotopic (exact) mass is 337 g/mol. The fraction of sp³-hybridized carbons (Fsp3) is 0.722. The number of aromatic nitrogens is 1. The second kappa shape index (κ2) is 7.36. The summed E-state index contributed by atoms with van der Waals surface area (Å²) in [4.78, 5) is 21.7. The van der Waals surface area contributed by atoms with Gasteiger partial charge in [0.15, 0.2) is 0 Å². The molecule has 1 fully saturated rings. The smallest absolute Gasteiger partial charge is 0.304 e. The van der Waals surface area contributed by atoms with Crippen LogP contribution in [0.25, 0.3) is 0 Å². The van der Waals surface area contributed by atoms with Crippen molar-refractivity contribution in [3.63, 3.8) is 0 Å². The third-order valence-corrected chi connectivity index (χ3v) is 4.63. The molecule has 2 N–H and O–H groups in total. The summed E-state index contributed by atoms with van der Waals surface area (Å²) in [5.74, 6) is -0.763. The zero-order valence-electron chi connectivity index (χ0n) is 14.6. The molecule has 6 heteroatoms. The predicted molar refractivity (Wildman–Crippen MR) is 87.9 cm³/mol. The van der Waals surface area contributed by atoms with Gasteiger partial charge in [-0.15, -0.1) is 0 Å². The Morgan fingerprint density at radius 3 is 2.50 bits per heavy atom. The van der Waals surface area contributed by atoms with Gasteiger partial charge >= 0.3 is 11.9 Å². The Kier molecular flexibility index (Phi) is 5.67. The lowest BCUT2D eigenvalue weighted by Gasteiger charge is -2.37. The lowest BCUT2D eigenvalue weighted by molar-refractivity contribution is -0.139. The summed E-state index contributed by atoms with van der Waals surface area (Å²) < 4.78 is 5.35. The highest BCUT2D eigenvalue weighted by molar-refractivity contribution is 5.69. The maximum atomic E-state index is 11.0. The maximum Gasteiger partial charge on any atom is 0.304 e. The molecule has 24 heavy (non-hydrogen) atoms. The molecule has 1 aromatic heterocycles. The summed E-state index contributed by atoms with van der Waals surface area (Å²) in [6, 6.07) is 1.83. The largest absolute Gasteiger partial charge is 0.481 e. The van der Waals surface area contributed by atoms with Gasteiger partial charge in [0.2, 0.25) is 0 Å². The fourth-order valence-corrected chi connectivity index (χ4v) is 3.55. The van der Waals surface area contributed by atoms with Gasteiger partial charge in [0.25, 0.3) is 0 Å². The SMILES string of the molecule is CC(C)(C)CC1CC(c2cc([C@@H](CCC(=O)O)CC(=O)O)on2)C1. The number of nitrogens with zero attached hydrogens (tertiary/aromatic N) is 1. The van der Waals surface area contributed by atoms with Crippen LogP contribution in [0.1, 0.15) is 82.6 Å². The average Bonchev–Trinajstić information content (AvgIpc) is 2.85. The van der Waals surface area contributed by atoms with Gasteiger partial charge in [0, 0.05) is 24.3 Å². The van der Waals surface area contributed by atoms with Crippen molar-refractivity contribution in [1.82, 2.24) is 5.16 Å². The highest BCUT2D eigenvalue weighted by Crippen LogP contribution is 2.46. The molecule has 0 saturated heterocycles. The van der Waals surface area contributed by atoms with E-state index in [0.29, 0.717) is 23.0 Å². The number of rotatable bonds is 8. The summed E-state index contributed by atoms with van der Waals surface area (Å²) >= 11 is 0. The highest BCUT2D eigenvalue weighted by atomic mass is 16.5. The predicted octanol–water partition coefficient (Wildman–Crippen LogP) is 4.03. The molecule has 0 radical (unpaired) electrons. The lowest BCUT2D eigenvalue weighted by Crippen LogP contribution is -2.26. The summed E-state index contributed by atoms with van der Waals surface area (Å²) in [5.41, 5.74) is 1.20. The Morgan fingerprint density at radius 2 is 1.96 bits per heavy atom. The first-order valence-electron chi connectivity index (χ1n) is 8.54. The molecule has 0 bridgehead atoms. The molecule has 1 atom stereocenters. The minimum atomic E-state index is -0.961. The van der Waals surface area contributed by atoms with Gasteiger partial charge in [-0.2, -0.15) is 0 Å². The van der Waals surface area contributed by atoms with Crippen LogP contribution in [0.2, 0.25) is 0 Å². The van der Waals surface area contributed by atoms with Crippen LogP contribution >= 0.6 is 0 Å². The number of hydrogen-bond donors (Lipinski definition) is 2. The first-order chi connectivity index (χ1) is 11.1. The van der Waals surface area contributed by atoms with E-state index < -0.39 is 17.9 Å². The Balaban J connectivity index is 1.95. The normalized spacial score (nSPS) is 22.0. The van der Waals surface area contributed by atoms with Crippen LogP contribution < -0.4 is 0 Å². The molecule has 0 aliphatic heterocycles. The molecule has 0 unspecified atom stereocenters. The van der Waals surface area contributed by atoms with E-state index in [0.717, 1.165) is 18.5 Å². The van der Waals surface area contributed by atoms with Gasteiger partial charge in [-0.1, -0.05) is 25.9 Å². The molecule has 1 saturated carbocycles. The molecular weight excluding hydrogens is 310 g/mol. The first-order valence-corrected chi connectivity index (χ1v) is 8.54. The average molecular weight is 337 g/mol. The molecule has 1 aliphatic rings. The molecule has 0 spiro atoms.